The van der Waals surface area contributed by atoms with Crippen molar-refractivity contribution >= 4 is 5.91 Å². The lowest BCUT2D eigenvalue weighted by molar-refractivity contribution is -0.120. The van der Waals surface area contributed by atoms with Gasteiger partial charge in [-0.2, -0.15) is 0 Å². The second kappa shape index (κ2) is 11.6. The van der Waals surface area contributed by atoms with Crippen molar-refractivity contribution < 1.29 is 9.53 Å². The monoisotopic (exact) mass is 242 g/mol. The van der Waals surface area contributed by atoms with E-state index in [-0.39, 0.29) is 11.9 Å². The number of nitrogens with one attached hydrogen (secondary N) is 2. The minimum Gasteiger partial charge on any atom is -0.380 e. The summed E-state index contributed by atoms with van der Waals surface area (Å²) >= 11 is 0. The summed E-state index contributed by atoms with van der Waals surface area (Å²) in [5.74, 6) is 0.0528. The molecule has 0 aromatic heterocycles. The first kappa shape index (κ1) is 16.1. The Hall–Kier alpha value is -0.870. The highest BCUT2D eigenvalue weighted by molar-refractivity contribution is 5.78. The molecule has 0 rings (SSSR count). The van der Waals surface area contributed by atoms with Gasteiger partial charge in [-0.15, -0.1) is 6.58 Å². The summed E-state index contributed by atoms with van der Waals surface area (Å²) in [4.78, 5) is 11.4. The third kappa shape index (κ3) is 11.4. The van der Waals surface area contributed by atoms with E-state index in [1.54, 1.807) is 0 Å². The summed E-state index contributed by atoms with van der Waals surface area (Å²) in [5, 5.41) is 5.98. The molecule has 2 N–H and O–H groups in total. The first-order valence-corrected chi connectivity index (χ1v) is 6.39. The fourth-order valence-corrected chi connectivity index (χ4v) is 1.45. The molecule has 0 aliphatic carbocycles. The zero-order valence-corrected chi connectivity index (χ0v) is 11.1. The van der Waals surface area contributed by atoms with E-state index in [1.165, 1.54) is 0 Å². The van der Waals surface area contributed by atoms with Crippen LogP contribution in [-0.4, -0.2) is 38.3 Å². The van der Waals surface area contributed by atoms with E-state index < -0.39 is 0 Å². The molecule has 0 fully saturated rings. The number of carbonyl (C=O) groups is 1. The van der Waals surface area contributed by atoms with Crippen LogP contribution in [0.2, 0.25) is 0 Å². The van der Waals surface area contributed by atoms with Crippen LogP contribution in [-0.2, 0) is 9.53 Å². The zero-order valence-electron chi connectivity index (χ0n) is 11.1. The lowest BCUT2D eigenvalue weighted by Gasteiger charge is -2.13. The second-order valence-corrected chi connectivity index (χ2v) is 4.12. The maximum absolute atomic E-state index is 11.4. The van der Waals surface area contributed by atoms with Crippen molar-refractivity contribution in [3.63, 3.8) is 0 Å². The number of rotatable bonds is 11. The summed E-state index contributed by atoms with van der Waals surface area (Å²) in [6.07, 6.45) is 4.81. The molecule has 0 saturated heterocycles. The highest BCUT2D eigenvalue weighted by Crippen LogP contribution is 1.93. The van der Waals surface area contributed by atoms with Crippen LogP contribution in [0.3, 0.4) is 0 Å². The standard InChI is InChI=1S/C13H26N2O2/c1-4-6-9-17-10-8-14-11-13(16)15-12(3)7-5-2/h4,12,14H,1,5-11H2,2-3H3,(H,15,16). The molecule has 0 radical (unpaired) electrons. The number of ether oxygens (including phenoxy) is 1. The van der Waals surface area contributed by atoms with Crippen molar-refractivity contribution in [2.24, 2.45) is 0 Å². The zero-order chi connectivity index (χ0) is 12.9. The fourth-order valence-electron chi connectivity index (χ4n) is 1.45. The molecule has 1 atom stereocenters. The Morgan fingerprint density at radius 3 is 2.88 bits per heavy atom. The molecule has 1 unspecified atom stereocenters. The van der Waals surface area contributed by atoms with Gasteiger partial charge in [-0.1, -0.05) is 19.4 Å². The number of amides is 1. The molecule has 0 aliphatic rings. The van der Waals surface area contributed by atoms with Gasteiger partial charge in [0.05, 0.1) is 19.8 Å². The minimum absolute atomic E-state index is 0.0528. The highest BCUT2D eigenvalue weighted by Gasteiger charge is 2.05. The van der Waals surface area contributed by atoms with Crippen molar-refractivity contribution in [2.45, 2.75) is 39.2 Å². The van der Waals surface area contributed by atoms with Gasteiger partial charge in [0.2, 0.25) is 5.91 Å². The minimum atomic E-state index is 0.0528. The lowest BCUT2D eigenvalue weighted by Crippen LogP contribution is -2.39. The number of hydrogen-bond acceptors (Lipinski definition) is 3. The Kier molecular flexibility index (Phi) is 11.0. The molecule has 0 bridgehead atoms. The summed E-state index contributed by atoms with van der Waals surface area (Å²) < 4.78 is 5.31. The first-order chi connectivity index (χ1) is 8.20. The van der Waals surface area contributed by atoms with Crippen LogP contribution in [0.4, 0.5) is 0 Å². The third-order valence-corrected chi connectivity index (χ3v) is 2.30. The van der Waals surface area contributed by atoms with Crippen LogP contribution < -0.4 is 10.6 Å². The Bertz CT molecular complexity index is 208. The smallest absolute Gasteiger partial charge is 0.234 e. The fraction of sp³-hybridized carbons (Fsp3) is 0.769. The SMILES string of the molecule is C=CCCOCCNCC(=O)NC(C)CCC. The molecule has 0 aromatic carbocycles. The van der Waals surface area contributed by atoms with E-state index in [9.17, 15) is 4.79 Å². The van der Waals surface area contributed by atoms with E-state index >= 15 is 0 Å². The van der Waals surface area contributed by atoms with Gasteiger partial charge in [-0.3, -0.25) is 4.79 Å². The Labute approximate surface area is 105 Å². The third-order valence-electron chi connectivity index (χ3n) is 2.30. The van der Waals surface area contributed by atoms with Gasteiger partial charge in [0, 0.05) is 12.6 Å². The van der Waals surface area contributed by atoms with E-state index in [0.717, 1.165) is 19.3 Å². The van der Waals surface area contributed by atoms with Crippen LogP contribution in [0.25, 0.3) is 0 Å². The van der Waals surface area contributed by atoms with Crippen molar-refractivity contribution in [2.75, 3.05) is 26.3 Å². The molecule has 0 saturated carbocycles. The quantitative estimate of drug-likeness (QED) is 0.426. The predicted octanol–water partition coefficient (Wildman–Crippen LogP) is 1.47. The Morgan fingerprint density at radius 1 is 1.47 bits per heavy atom. The molecule has 0 spiro atoms. The predicted molar refractivity (Wildman–Crippen MR) is 71.0 cm³/mol. The Morgan fingerprint density at radius 2 is 2.24 bits per heavy atom. The van der Waals surface area contributed by atoms with Gasteiger partial charge in [0.25, 0.3) is 0 Å². The Balaban J connectivity index is 3.30. The first-order valence-electron chi connectivity index (χ1n) is 6.39. The maximum atomic E-state index is 11.4. The van der Waals surface area contributed by atoms with E-state index in [4.69, 9.17) is 4.74 Å². The van der Waals surface area contributed by atoms with Gasteiger partial charge in [-0.25, -0.2) is 0 Å². The van der Waals surface area contributed by atoms with E-state index in [1.807, 2.05) is 13.0 Å². The van der Waals surface area contributed by atoms with Crippen molar-refractivity contribution in [1.29, 1.82) is 0 Å². The maximum Gasteiger partial charge on any atom is 0.234 e. The lowest BCUT2D eigenvalue weighted by atomic mass is 10.2. The van der Waals surface area contributed by atoms with Crippen LogP contribution in [0.5, 0.6) is 0 Å². The molecule has 4 heteroatoms. The van der Waals surface area contributed by atoms with Crippen molar-refractivity contribution in [1.82, 2.24) is 10.6 Å². The number of carbonyl (C=O) groups excluding carboxylic acids is 1. The molecule has 0 aliphatic heterocycles. The molecule has 100 valence electrons. The van der Waals surface area contributed by atoms with Crippen LogP contribution >= 0.6 is 0 Å². The van der Waals surface area contributed by atoms with Gasteiger partial charge in [0.1, 0.15) is 0 Å². The summed E-state index contributed by atoms with van der Waals surface area (Å²) in [7, 11) is 0. The molecule has 17 heavy (non-hydrogen) atoms. The van der Waals surface area contributed by atoms with Gasteiger partial charge in [0.15, 0.2) is 0 Å². The largest absolute Gasteiger partial charge is 0.380 e. The molecular weight excluding hydrogens is 216 g/mol. The molecule has 0 aromatic rings. The van der Waals surface area contributed by atoms with Gasteiger partial charge in [-0.05, 0) is 19.8 Å². The normalized spacial score (nSPS) is 12.1. The van der Waals surface area contributed by atoms with Crippen molar-refractivity contribution in [3.8, 4) is 0 Å². The average Bonchev–Trinajstić information content (AvgIpc) is 2.28. The molecule has 1 amide bonds. The highest BCUT2D eigenvalue weighted by atomic mass is 16.5. The average molecular weight is 242 g/mol. The van der Waals surface area contributed by atoms with Gasteiger partial charge >= 0.3 is 0 Å². The van der Waals surface area contributed by atoms with Gasteiger partial charge < -0.3 is 15.4 Å². The van der Waals surface area contributed by atoms with Crippen LogP contribution in [0.15, 0.2) is 12.7 Å². The molecule has 0 heterocycles. The van der Waals surface area contributed by atoms with Crippen molar-refractivity contribution in [3.05, 3.63) is 12.7 Å². The molecular formula is C13H26N2O2. The summed E-state index contributed by atoms with van der Waals surface area (Å²) in [6.45, 7) is 10.1. The molecule has 4 nitrogen and oxygen atoms in total. The summed E-state index contributed by atoms with van der Waals surface area (Å²) in [5.41, 5.74) is 0. The topological polar surface area (TPSA) is 50.4 Å². The van der Waals surface area contributed by atoms with E-state index in [2.05, 4.69) is 24.1 Å². The van der Waals surface area contributed by atoms with Crippen LogP contribution in [0.1, 0.15) is 33.1 Å². The van der Waals surface area contributed by atoms with Crippen LogP contribution in [0, 0.1) is 0 Å². The second-order valence-electron chi connectivity index (χ2n) is 4.12. The van der Waals surface area contributed by atoms with E-state index in [0.29, 0.717) is 26.3 Å². The summed E-state index contributed by atoms with van der Waals surface area (Å²) in [6, 6.07) is 0.262. The number of hydrogen-bond donors (Lipinski definition) is 2.